The highest BCUT2D eigenvalue weighted by Gasteiger charge is 2.20. The third-order valence-electron chi connectivity index (χ3n) is 6.74. The molecule has 9 heteroatoms. The molecule has 3 aromatic rings. The number of hydrogen-bond donors (Lipinski definition) is 0. The molecule has 0 heterocycles. The first-order valence-corrected chi connectivity index (χ1v) is 13.9. The quantitative estimate of drug-likeness (QED) is 0.0885. The summed E-state index contributed by atoms with van der Waals surface area (Å²) in [5.74, 6) is 1.73. The molecule has 0 N–H and O–H groups in total. The van der Waals surface area contributed by atoms with Crippen molar-refractivity contribution in [1.82, 2.24) is 0 Å². The summed E-state index contributed by atoms with van der Waals surface area (Å²) in [6.07, 6.45) is 9.26. The van der Waals surface area contributed by atoms with Crippen molar-refractivity contribution in [3.63, 3.8) is 0 Å². The predicted molar refractivity (Wildman–Crippen MR) is 155 cm³/mol. The molecule has 0 saturated heterocycles. The minimum atomic E-state index is -0.660. The Labute approximate surface area is 235 Å². The molecule has 0 aliphatic carbocycles. The fourth-order valence-electron chi connectivity index (χ4n) is 4.48. The molecule has 1 unspecified atom stereocenters. The van der Waals surface area contributed by atoms with E-state index in [1.54, 1.807) is 7.11 Å². The predicted octanol–water partition coefficient (Wildman–Crippen LogP) is 8.54. The normalized spacial score (nSPS) is 11.6. The lowest BCUT2D eigenvalue weighted by Gasteiger charge is -2.20. The molecule has 3 rings (SSSR count). The number of hydrogen-bond acceptors (Lipinski definition) is 7. The van der Waals surface area contributed by atoms with Crippen LogP contribution in [0.3, 0.4) is 0 Å². The monoisotopic (exact) mass is 550 g/mol. The molecule has 214 valence electrons. The van der Waals surface area contributed by atoms with Gasteiger partial charge in [-0.1, -0.05) is 50.5 Å². The Morgan fingerprint density at radius 3 is 1.88 bits per heavy atom. The number of ether oxygens (including phenoxy) is 3. The maximum Gasteiger partial charge on any atom is 0.317 e. The second-order valence-corrected chi connectivity index (χ2v) is 9.71. The average molecular weight is 551 g/mol. The number of nitro groups is 2. The van der Waals surface area contributed by atoms with Gasteiger partial charge in [-0.3, -0.25) is 20.2 Å². The Hall–Kier alpha value is -4.14. The van der Waals surface area contributed by atoms with Gasteiger partial charge < -0.3 is 14.2 Å². The third kappa shape index (κ3) is 9.55. The van der Waals surface area contributed by atoms with Gasteiger partial charge in [0, 0.05) is 6.07 Å². The summed E-state index contributed by atoms with van der Waals surface area (Å²) in [6.45, 7) is 2.50. The second-order valence-electron chi connectivity index (χ2n) is 9.71. The molecule has 0 amide bonds. The number of non-ortho nitro benzene ring substituents is 1. The summed E-state index contributed by atoms with van der Waals surface area (Å²) in [6, 6.07) is 19.6. The lowest BCUT2D eigenvalue weighted by Crippen LogP contribution is -2.16. The van der Waals surface area contributed by atoms with Gasteiger partial charge in [0.15, 0.2) is 5.75 Å². The summed E-state index contributed by atoms with van der Waals surface area (Å²) in [7, 11) is 1.66. The molecule has 0 bridgehead atoms. The summed E-state index contributed by atoms with van der Waals surface area (Å²) < 4.78 is 17.2. The highest BCUT2D eigenvalue weighted by molar-refractivity contribution is 5.64. The topological polar surface area (TPSA) is 114 Å². The van der Waals surface area contributed by atoms with E-state index in [9.17, 15) is 20.2 Å². The van der Waals surface area contributed by atoms with E-state index in [-0.39, 0.29) is 17.5 Å². The number of methoxy groups -OCH3 is 1. The van der Waals surface area contributed by atoms with Crippen LogP contribution in [0.5, 0.6) is 17.2 Å². The second kappa shape index (κ2) is 16.1. The van der Waals surface area contributed by atoms with E-state index in [1.807, 2.05) is 36.4 Å². The van der Waals surface area contributed by atoms with E-state index in [0.717, 1.165) is 60.8 Å². The van der Waals surface area contributed by atoms with Gasteiger partial charge in [0.05, 0.1) is 35.7 Å². The number of unbranched alkanes of at least 4 members (excludes halogenated alkanes) is 5. The zero-order valence-corrected chi connectivity index (χ0v) is 23.3. The summed E-state index contributed by atoms with van der Waals surface area (Å²) in [5, 5.41) is 22.2. The lowest BCUT2D eigenvalue weighted by atomic mass is 10.0. The molecular weight excluding hydrogens is 512 g/mol. The Morgan fingerprint density at radius 2 is 1.32 bits per heavy atom. The number of benzene rings is 3. The molecule has 0 radical (unpaired) electrons. The molecule has 1 atom stereocenters. The number of rotatable bonds is 18. The molecule has 0 spiro atoms. The first-order chi connectivity index (χ1) is 19.4. The SMILES string of the molecule is CCCCCCC(CCCCCOc1ccc([N+](=O)[O-])cc1[N+](=O)[O-])Oc1ccc(-c2ccc(OC)cc2)cc1. The van der Waals surface area contributed by atoms with Crippen molar-refractivity contribution >= 4 is 11.4 Å². The average Bonchev–Trinajstić information content (AvgIpc) is 2.97. The van der Waals surface area contributed by atoms with Crippen LogP contribution in [0, 0.1) is 20.2 Å². The van der Waals surface area contributed by atoms with Crippen molar-refractivity contribution in [1.29, 1.82) is 0 Å². The Kier molecular flexibility index (Phi) is 12.2. The molecule has 3 aromatic carbocycles. The molecule has 0 aromatic heterocycles. The van der Waals surface area contributed by atoms with Gasteiger partial charge in [0.1, 0.15) is 11.5 Å². The van der Waals surface area contributed by atoms with Crippen molar-refractivity contribution in [2.75, 3.05) is 13.7 Å². The van der Waals surface area contributed by atoms with E-state index < -0.39 is 15.5 Å². The third-order valence-corrected chi connectivity index (χ3v) is 6.74. The zero-order chi connectivity index (χ0) is 28.7. The van der Waals surface area contributed by atoms with Crippen molar-refractivity contribution in [3.8, 4) is 28.4 Å². The molecular formula is C31H38N2O7. The largest absolute Gasteiger partial charge is 0.497 e. The Bertz CT molecular complexity index is 1210. The van der Waals surface area contributed by atoms with Gasteiger partial charge in [-0.25, -0.2) is 0 Å². The van der Waals surface area contributed by atoms with Crippen LogP contribution in [0.15, 0.2) is 66.7 Å². The van der Waals surface area contributed by atoms with Crippen LogP contribution in [-0.4, -0.2) is 29.7 Å². The highest BCUT2D eigenvalue weighted by Crippen LogP contribution is 2.31. The van der Waals surface area contributed by atoms with Gasteiger partial charge in [-0.2, -0.15) is 0 Å². The summed E-state index contributed by atoms with van der Waals surface area (Å²) in [4.78, 5) is 20.9. The van der Waals surface area contributed by atoms with Gasteiger partial charge in [-0.05, 0) is 80.0 Å². The van der Waals surface area contributed by atoms with Gasteiger partial charge >= 0.3 is 5.69 Å². The van der Waals surface area contributed by atoms with Crippen LogP contribution in [0.4, 0.5) is 11.4 Å². The van der Waals surface area contributed by atoms with E-state index in [2.05, 4.69) is 19.1 Å². The van der Waals surface area contributed by atoms with Crippen LogP contribution in [-0.2, 0) is 0 Å². The van der Waals surface area contributed by atoms with E-state index in [4.69, 9.17) is 14.2 Å². The highest BCUT2D eigenvalue weighted by atomic mass is 16.6. The molecule has 0 aliphatic rings. The minimum Gasteiger partial charge on any atom is -0.497 e. The first-order valence-electron chi connectivity index (χ1n) is 13.9. The standard InChI is InChI=1S/C31H38N2O7/c1-3-4-5-7-10-28(40-29-19-14-25(15-20-29)24-12-17-27(38-2)18-13-24)11-8-6-9-22-39-31-21-16-26(32(34)35)23-30(31)33(36)37/h12-21,23,28H,3-11,22H2,1-2H3. The fraction of sp³-hybridized carbons (Fsp3) is 0.419. The smallest absolute Gasteiger partial charge is 0.317 e. The van der Waals surface area contributed by atoms with Crippen molar-refractivity contribution in [3.05, 3.63) is 87.0 Å². The molecule has 9 nitrogen and oxygen atoms in total. The van der Waals surface area contributed by atoms with Crippen LogP contribution >= 0.6 is 0 Å². The fourth-order valence-corrected chi connectivity index (χ4v) is 4.48. The maximum atomic E-state index is 11.3. The van der Waals surface area contributed by atoms with Gasteiger partial charge in [-0.15, -0.1) is 0 Å². The maximum absolute atomic E-state index is 11.3. The Balaban J connectivity index is 1.49. The molecule has 0 aliphatic heterocycles. The molecule has 0 saturated carbocycles. The summed E-state index contributed by atoms with van der Waals surface area (Å²) in [5.41, 5.74) is 1.50. The number of nitro benzene ring substituents is 2. The van der Waals surface area contributed by atoms with E-state index >= 15 is 0 Å². The lowest BCUT2D eigenvalue weighted by molar-refractivity contribution is -0.394. The van der Waals surface area contributed by atoms with E-state index in [1.165, 1.54) is 31.4 Å². The number of nitrogens with zero attached hydrogens (tertiary/aromatic N) is 2. The van der Waals surface area contributed by atoms with Crippen molar-refractivity contribution in [2.45, 2.75) is 70.8 Å². The molecule has 0 fully saturated rings. The first kappa shape index (κ1) is 30.4. The van der Waals surface area contributed by atoms with Gasteiger partial charge in [0.2, 0.25) is 0 Å². The summed E-state index contributed by atoms with van der Waals surface area (Å²) >= 11 is 0. The minimum absolute atomic E-state index is 0.0471. The molecule has 40 heavy (non-hydrogen) atoms. The van der Waals surface area contributed by atoms with Crippen LogP contribution in [0.25, 0.3) is 11.1 Å². The van der Waals surface area contributed by atoms with Crippen LogP contribution < -0.4 is 14.2 Å². The Morgan fingerprint density at radius 1 is 0.725 bits per heavy atom. The van der Waals surface area contributed by atoms with Crippen LogP contribution in [0.2, 0.25) is 0 Å². The van der Waals surface area contributed by atoms with Gasteiger partial charge in [0.25, 0.3) is 5.69 Å². The zero-order valence-electron chi connectivity index (χ0n) is 23.3. The van der Waals surface area contributed by atoms with Crippen LogP contribution in [0.1, 0.15) is 64.7 Å². The van der Waals surface area contributed by atoms with E-state index in [0.29, 0.717) is 13.0 Å². The van der Waals surface area contributed by atoms with Crippen molar-refractivity contribution in [2.24, 2.45) is 0 Å². The van der Waals surface area contributed by atoms with Crippen molar-refractivity contribution < 1.29 is 24.1 Å².